The smallest absolute Gasteiger partial charge is 0.330 e. The lowest BCUT2D eigenvalue weighted by Gasteiger charge is -2.09. The molecule has 1 aliphatic rings. The van der Waals surface area contributed by atoms with Gasteiger partial charge in [0.05, 0.1) is 11.9 Å². The number of aromatic nitrogens is 3. The van der Waals surface area contributed by atoms with Crippen LogP contribution in [0.15, 0.2) is 36.2 Å². The van der Waals surface area contributed by atoms with E-state index in [1.54, 1.807) is 0 Å². The molecule has 29 heavy (non-hydrogen) atoms. The number of nitrogens with two attached hydrogens (primary N) is 1. The van der Waals surface area contributed by atoms with Crippen LogP contribution in [0, 0.1) is 5.82 Å². The van der Waals surface area contributed by atoms with Crippen molar-refractivity contribution in [3.63, 3.8) is 0 Å². The van der Waals surface area contributed by atoms with Gasteiger partial charge in [0, 0.05) is 16.7 Å². The fraction of sp³-hybridized carbons (Fsp3) is 0.0588. The van der Waals surface area contributed by atoms with E-state index < -0.39 is 24.5 Å². The molecule has 1 aromatic carbocycles. The number of fused-ring (bicyclic) bond motifs is 1. The zero-order chi connectivity index (χ0) is 20.7. The van der Waals surface area contributed by atoms with Gasteiger partial charge in [0.15, 0.2) is 5.65 Å². The zero-order valence-corrected chi connectivity index (χ0v) is 15.3. The molecule has 0 bridgehead atoms. The summed E-state index contributed by atoms with van der Waals surface area (Å²) in [6, 6.07) is 4.73. The number of hydrogen-bond acceptors (Lipinski definition) is 7. The maximum absolute atomic E-state index is 14.0. The fourth-order valence-corrected chi connectivity index (χ4v) is 2.93. The number of imide groups is 1. The third-order valence-corrected chi connectivity index (χ3v) is 4.36. The van der Waals surface area contributed by atoms with Crippen LogP contribution >= 0.6 is 11.6 Å². The standard InChI is InChI=1S/C17H13ClFN7O3/c18-9-1-2-10(19)11(4-9)22-14-5-13(20)26-15(24-14)8(6-21-26)3-12-16(28)25(7-27)17(29)23-12/h1-6,27H,7,20H2,(H,22,24)(H,23,29)/b12-3-. The van der Waals surface area contributed by atoms with Gasteiger partial charge in [-0.2, -0.15) is 9.61 Å². The van der Waals surface area contributed by atoms with E-state index in [0.717, 1.165) is 0 Å². The number of urea groups is 1. The Morgan fingerprint density at radius 1 is 1.34 bits per heavy atom. The first-order chi connectivity index (χ1) is 13.9. The van der Waals surface area contributed by atoms with E-state index in [9.17, 15) is 14.0 Å². The van der Waals surface area contributed by atoms with Gasteiger partial charge in [-0.05, 0) is 24.3 Å². The average Bonchev–Trinajstić information content (AvgIpc) is 3.19. The lowest BCUT2D eigenvalue weighted by molar-refractivity contribution is -0.125. The van der Waals surface area contributed by atoms with Gasteiger partial charge in [0.25, 0.3) is 5.91 Å². The Hall–Kier alpha value is -3.70. The normalized spacial score (nSPS) is 15.4. The molecule has 3 aromatic rings. The number of aliphatic hydroxyl groups is 1. The van der Waals surface area contributed by atoms with Crippen molar-refractivity contribution in [2.75, 3.05) is 17.8 Å². The summed E-state index contributed by atoms with van der Waals surface area (Å²) in [6.45, 7) is -0.749. The van der Waals surface area contributed by atoms with Crippen molar-refractivity contribution in [1.29, 1.82) is 0 Å². The van der Waals surface area contributed by atoms with Crippen molar-refractivity contribution in [3.8, 4) is 0 Å². The Morgan fingerprint density at radius 3 is 2.86 bits per heavy atom. The lowest BCUT2D eigenvalue weighted by atomic mass is 10.2. The zero-order valence-electron chi connectivity index (χ0n) is 14.6. The summed E-state index contributed by atoms with van der Waals surface area (Å²) in [5, 5.41) is 18.7. The van der Waals surface area contributed by atoms with E-state index in [4.69, 9.17) is 22.4 Å². The first-order valence-corrected chi connectivity index (χ1v) is 8.57. The summed E-state index contributed by atoms with van der Waals surface area (Å²) >= 11 is 5.90. The van der Waals surface area contributed by atoms with Crippen LogP contribution < -0.4 is 16.4 Å². The second-order valence-corrected chi connectivity index (χ2v) is 6.45. The molecular formula is C17H13ClFN7O3. The second kappa shape index (κ2) is 7.04. The molecule has 10 nitrogen and oxygen atoms in total. The number of rotatable bonds is 4. The van der Waals surface area contributed by atoms with Crippen LogP contribution in [0.1, 0.15) is 5.56 Å². The summed E-state index contributed by atoms with van der Waals surface area (Å²) < 4.78 is 15.3. The molecular weight excluding hydrogens is 405 g/mol. The number of nitrogen functional groups attached to an aromatic ring is 1. The van der Waals surface area contributed by atoms with E-state index in [-0.39, 0.29) is 28.7 Å². The van der Waals surface area contributed by atoms with Gasteiger partial charge in [-0.3, -0.25) is 4.79 Å². The highest BCUT2D eigenvalue weighted by Crippen LogP contribution is 2.25. The number of halogens is 2. The average molecular weight is 418 g/mol. The third kappa shape index (κ3) is 3.32. The van der Waals surface area contributed by atoms with Crippen LogP contribution in [-0.4, -0.2) is 43.3 Å². The van der Waals surface area contributed by atoms with Crippen molar-refractivity contribution in [3.05, 3.63) is 52.6 Å². The van der Waals surface area contributed by atoms with Crippen molar-refractivity contribution in [2.45, 2.75) is 0 Å². The molecule has 0 unspecified atom stereocenters. The summed E-state index contributed by atoms with van der Waals surface area (Å²) in [5.74, 6) is -0.813. The summed E-state index contributed by atoms with van der Waals surface area (Å²) in [5.41, 5.74) is 6.67. The molecule has 1 saturated heterocycles. The number of amides is 3. The summed E-state index contributed by atoms with van der Waals surface area (Å²) in [4.78, 5) is 28.8. The molecule has 0 atom stereocenters. The molecule has 148 valence electrons. The first kappa shape index (κ1) is 18.7. The maximum atomic E-state index is 14.0. The van der Waals surface area contributed by atoms with Crippen LogP contribution in [0.25, 0.3) is 11.7 Å². The SMILES string of the molecule is Nc1cc(Nc2cc(Cl)ccc2F)nc2c(/C=C3\NC(=O)N(CO)C3=O)cnn12. The minimum atomic E-state index is -0.749. The Morgan fingerprint density at radius 2 is 2.14 bits per heavy atom. The van der Waals surface area contributed by atoms with Crippen LogP contribution in [0.3, 0.4) is 0 Å². The van der Waals surface area contributed by atoms with E-state index >= 15 is 0 Å². The number of benzene rings is 1. The highest BCUT2D eigenvalue weighted by atomic mass is 35.5. The summed E-state index contributed by atoms with van der Waals surface area (Å²) in [7, 11) is 0. The minimum Gasteiger partial charge on any atom is -0.383 e. The number of anilines is 3. The van der Waals surface area contributed by atoms with Gasteiger partial charge < -0.3 is 21.5 Å². The highest BCUT2D eigenvalue weighted by molar-refractivity contribution is 6.30. The molecule has 1 fully saturated rings. The molecule has 1 aliphatic heterocycles. The highest BCUT2D eigenvalue weighted by Gasteiger charge is 2.33. The van der Waals surface area contributed by atoms with Crippen molar-refractivity contribution in [1.82, 2.24) is 24.8 Å². The maximum Gasteiger partial charge on any atom is 0.330 e. The van der Waals surface area contributed by atoms with Crippen molar-refractivity contribution < 1.29 is 19.1 Å². The van der Waals surface area contributed by atoms with Crippen LogP contribution in [0.2, 0.25) is 5.02 Å². The predicted octanol–water partition coefficient (Wildman–Crippen LogP) is 1.69. The number of carbonyl (C=O) groups is 2. The number of nitrogens with zero attached hydrogens (tertiary/aromatic N) is 4. The number of hydrogen-bond donors (Lipinski definition) is 4. The van der Waals surface area contributed by atoms with Gasteiger partial charge in [0.2, 0.25) is 0 Å². The predicted molar refractivity (Wildman–Crippen MR) is 103 cm³/mol. The molecule has 3 heterocycles. The third-order valence-electron chi connectivity index (χ3n) is 4.12. The first-order valence-electron chi connectivity index (χ1n) is 8.19. The Bertz CT molecular complexity index is 1190. The molecule has 0 saturated carbocycles. The molecule has 0 radical (unpaired) electrons. The molecule has 0 aliphatic carbocycles. The minimum absolute atomic E-state index is 0.0569. The quantitative estimate of drug-likeness (QED) is 0.374. The van der Waals surface area contributed by atoms with Gasteiger partial charge in [-0.1, -0.05) is 11.6 Å². The monoisotopic (exact) mass is 417 g/mol. The van der Waals surface area contributed by atoms with E-state index in [2.05, 4.69) is 20.7 Å². The fourth-order valence-electron chi connectivity index (χ4n) is 2.76. The van der Waals surface area contributed by atoms with Gasteiger partial charge in [-0.25, -0.2) is 19.1 Å². The lowest BCUT2D eigenvalue weighted by Crippen LogP contribution is -2.31. The molecule has 0 spiro atoms. The van der Waals surface area contributed by atoms with E-state index in [1.165, 1.54) is 41.1 Å². The number of aliphatic hydroxyl groups excluding tert-OH is 1. The topological polar surface area (TPSA) is 138 Å². The Labute approximate surface area is 167 Å². The second-order valence-electron chi connectivity index (χ2n) is 6.01. The molecule has 3 amide bonds. The molecule has 2 aromatic heterocycles. The van der Waals surface area contributed by atoms with Crippen molar-refractivity contribution >= 4 is 52.6 Å². The Balaban J connectivity index is 1.74. The van der Waals surface area contributed by atoms with Gasteiger partial charge >= 0.3 is 6.03 Å². The van der Waals surface area contributed by atoms with E-state index in [1.807, 2.05) is 0 Å². The number of nitrogens with one attached hydrogen (secondary N) is 2. The van der Waals surface area contributed by atoms with Crippen molar-refractivity contribution in [2.24, 2.45) is 0 Å². The van der Waals surface area contributed by atoms with Gasteiger partial charge in [0.1, 0.15) is 29.9 Å². The van der Waals surface area contributed by atoms with Crippen LogP contribution in [-0.2, 0) is 4.79 Å². The Kier molecular flexibility index (Phi) is 4.53. The molecule has 4 rings (SSSR count). The van der Waals surface area contributed by atoms with Crippen LogP contribution in [0.5, 0.6) is 0 Å². The molecule has 5 N–H and O–H groups in total. The van der Waals surface area contributed by atoms with Crippen LogP contribution in [0.4, 0.5) is 26.5 Å². The number of carbonyl (C=O) groups excluding carboxylic acids is 2. The van der Waals surface area contributed by atoms with Gasteiger partial charge in [-0.15, -0.1) is 0 Å². The largest absolute Gasteiger partial charge is 0.383 e. The van der Waals surface area contributed by atoms with E-state index in [0.29, 0.717) is 15.5 Å². The molecule has 12 heteroatoms. The summed E-state index contributed by atoms with van der Waals surface area (Å²) in [6.07, 6.45) is 2.75.